The Hall–Kier alpha value is -1.02. The van der Waals surface area contributed by atoms with Gasteiger partial charge >= 0.3 is 0 Å². The number of nitrogens with one attached hydrogen (secondary N) is 1. The van der Waals surface area contributed by atoms with Crippen molar-refractivity contribution in [2.75, 3.05) is 13.7 Å². The molecule has 0 amide bonds. The molecule has 0 aliphatic heterocycles. The largest absolute Gasteiger partial charge is 0.496 e. The van der Waals surface area contributed by atoms with E-state index >= 15 is 0 Å². The summed E-state index contributed by atoms with van der Waals surface area (Å²) in [5, 5.41) is 3.70. The number of hydrogen-bond donors (Lipinski definition) is 1. The molecule has 1 saturated carbocycles. The van der Waals surface area contributed by atoms with Gasteiger partial charge in [-0.15, -0.1) is 0 Å². The van der Waals surface area contributed by atoms with Crippen molar-refractivity contribution in [3.05, 3.63) is 29.3 Å². The number of benzene rings is 1. The maximum atomic E-state index is 5.62. The molecule has 2 rings (SSSR count). The molecule has 0 aromatic heterocycles. The fraction of sp³-hybridized carbons (Fsp3) is 0.667. The SMILES string of the molecule is CCC1CC1(CNC(C)(C)C)c1cc(C)ccc1OC. The highest BCUT2D eigenvalue weighted by Crippen LogP contribution is 2.58. The summed E-state index contributed by atoms with van der Waals surface area (Å²) in [7, 11) is 1.78. The summed E-state index contributed by atoms with van der Waals surface area (Å²) < 4.78 is 5.62. The summed E-state index contributed by atoms with van der Waals surface area (Å²) in [6.07, 6.45) is 2.51. The third-order valence-electron chi connectivity index (χ3n) is 4.55. The highest BCUT2D eigenvalue weighted by Gasteiger charge is 2.55. The van der Waals surface area contributed by atoms with Gasteiger partial charge in [0, 0.05) is 23.1 Å². The van der Waals surface area contributed by atoms with Gasteiger partial charge in [0.2, 0.25) is 0 Å². The summed E-state index contributed by atoms with van der Waals surface area (Å²) in [6, 6.07) is 6.57. The van der Waals surface area contributed by atoms with Crippen LogP contribution in [0.15, 0.2) is 18.2 Å². The zero-order valence-electron chi connectivity index (χ0n) is 13.8. The molecule has 0 saturated heterocycles. The predicted molar refractivity (Wildman–Crippen MR) is 85.6 cm³/mol. The minimum absolute atomic E-state index is 0.158. The van der Waals surface area contributed by atoms with Crippen LogP contribution in [0.5, 0.6) is 5.75 Å². The summed E-state index contributed by atoms with van der Waals surface area (Å²) in [5.74, 6) is 1.82. The number of methoxy groups -OCH3 is 1. The van der Waals surface area contributed by atoms with Crippen LogP contribution in [0, 0.1) is 12.8 Å². The zero-order chi connectivity index (χ0) is 15.0. The monoisotopic (exact) mass is 275 g/mol. The highest BCUT2D eigenvalue weighted by molar-refractivity contribution is 5.47. The normalized spacial score (nSPS) is 25.6. The van der Waals surface area contributed by atoms with Gasteiger partial charge in [0.05, 0.1) is 7.11 Å². The van der Waals surface area contributed by atoms with E-state index in [1.165, 1.54) is 24.0 Å². The van der Waals surface area contributed by atoms with Crippen molar-refractivity contribution < 1.29 is 4.74 Å². The molecular weight excluding hydrogens is 246 g/mol. The Morgan fingerprint density at radius 3 is 2.55 bits per heavy atom. The lowest BCUT2D eigenvalue weighted by molar-refractivity contribution is 0.370. The van der Waals surface area contributed by atoms with Crippen molar-refractivity contribution in [2.45, 2.75) is 58.4 Å². The topological polar surface area (TPSA) is 21.3 Å². The number of aryl methyl sites for hydroxylation is 1. The second kappa shape index (κ2) is 5.40. The molecule has 1 fully saturated rings. The molecule has 1 aromatic carbocycles. The third-order valence-corrected chi connectivity index (χ3v) is 4.55. The van der Waals surface area contributed by atoms with E-state index in [9.17, 15) is 0 Å². The van der Waals surface area contributed by atoms with E-state index in [1.54, 1.807) is 7.11 Å². The summed E-state index contributed by atoms with van der Waals surface area (Å²) in [4.78, 5) is 0. The van der Waals surface area contributed by atoms with Gasteiger partial charge in [-0.05, 0) is 46.1 Å². The fourth-order valence-electron chi connectivity index (χ4n) is 3.19. The van der Waals surface area contributed by atoms with Crippen molar-refractivity contribution in [1.82, 2.24) is 5.32 Å². The van der Waals surface area contributed by atoms with E-state index in [0.717, 1.165) is 18.2 Å². The number of hydrogen-bond acceptors (Lipinski definition) is 2. The van der Waals surface area contributed by atoms with Crippen LogP contribution in [0.3, 0.4) is 0 Å². The van der Waals surface area contributed by atoms with Crippen LogP contribution in [-0.2, 0) is 5.41 Å². The molecule has 1 N–H and O–H groups in total. The minimum atomic E-state index is 0.158. The first-order valence-corrected chi connectivity index (χ1v) is 7.72. The van der Waals surface area contributed by atoms with Gasteiger partial charge in [-0.25, -0.2) is 0 Å². The predicted octanol–water partition coefficient (Wildman–Crippen LogP) is 4.06. The van der Waals surface area contributed by atoms with E-state index in [4.69, 9.17) is 4.74 Å². The molecule has 1 aliphatic carbocycles. The van der Waals surface area contributed by atoms with Crippen molar-refractivity contribution in [1.29, 1.82) is 0 Å². The van der Waals surface area contributed by atoms with Crippen LogP contribution >= 0.6 is 0 Å². The first kappa shape index (κ1) is 15.4. The molecule has 20 heavy (non-hydrogen) atoms. The second-order valence-corrected chi connectivity index (χ2v) is 7.27. The van der Waals surface area contributed by atoms with Crippen LogP contribution in [-0.4, -0.2) is 19.2 Å². The molecule has 2 unspecified atom stereocenters. The van der Waals surface area contributed by atoms with E-state index in [0.29, 0.717) is 0 Å². The van der Waals surface area contributed by atoms with Gasteiger partial charge in [-0.2, -0.15) is 0 Å². The van der Waals surface area contributed by atoms with Crippen LogP contribution in [0.4, 0.5) is 0 Å². The molecule has 2 nitrogen and oxygen atoms in total. The van der Waals surface area contributed by atoms with Gasteiger partial charge in [-0.3, -0.25) is 0 Å². The molecule has 112 valence electrons. The number of ether oxygens (including phenoxy) is 1. The lowest BCUT2D eigenvalue weighted by atomic mass is 9.89. The summed E-state index contributed by atoms with van der Waals surface area (Å²) in [5.41, 5.74) is 3.13. The molecule has 2 heteroatoms. The number of rotatable bonds is 5. The molecule has 2 atom stereocenters. The van der Waals surface area contributed by atoms with Crippen LogP contribution in [0.2, 0.25) is 0 Å². The molecule has 0 radical (unpaired) electrons. The Balaban J connectivity index is 2.32. The highest BCUT2D eigenvalue weighted by atomic mass is 16.5. The van der Waals surface area contributed by atoms with Crippen molar-refractivity contribution in [3.63, 3.8) is 0 Å². The summed E-state index contributed by atoms with van der Waals surface area (Å²) in [6.45, 7) is 12.2. The van der Waals surface area contributed by atoms with Crippen LogP contribution in [0.25, 0.3) is 0 Å². The Labute approximate surface area is 123 Å². The van der Waals surface area contributed by atoms with E-state index in [-0.39, 0.29) is 11.0 Å². The molecule has 1 aromatic rings. The van der Waals surface area contributed by atoms with Gasteiger partial charge in [0.25, 0.3) is 0 Å². The Bertz CT molecular complexity index is 475. The lowest BCUT2D eigenvalue weighted by Crippen LogP contribution is -2.41. The molecule has 0 spiro atoms. The standard InChI is InChI=1S/C18H29NO/c1-7-14-11-18(14,12-19-17(3,4)5)15-10-13(2)8-9-16(15)20-6/h8-10,14,19H,7,11-12H2,1-6H3. The van der Waals surface area contributed by atoms with E-state index < -0.39 is 0 Å². The van der Waals surface area contributed by atoms with E-state index in [2.05, 4.69) is 58.1 Å². The Kier molecular flexibility index (Phi) is 4.15. The maximum absolute atomic E-state index is 5.62. The quantitative estimate of drug-likeness (QED) is 0.875. The van der Waals surface area contributed by atoms with Crippen molar-refractivity contribution in [3.8, 4) is 5.75 Å². The third kappa shape index (κ3) is 3.01. The fourth-order valence-corrected chi connectivity index (χ4v) is 3.19. The summed E-state index contributed by atoms with van der Waals surface area (Å²) >= 11 is 0. The average molecular weight is 275 g/mol. The first-order chi connectivity index (χ1) is 9.32. The maximum Gasteiger partial charge on any atom is 0.122 e. The van der Waals surface area contributed by atoms with Gasteiger partial charge in [0.15, 0.2) is 0 Å². The molecule has 1 aliphatic rings. The van der Waals surface area contributed by atoms with E-state index in [1.807, 2.05) is 0 Å². The molecular formula is C18H29NO. The molecule has 0 bridgehead atoms. The second-order valence-electron chi connectivity index (χ2n) is 7.27. The first-order valence-electron chi connectivity index (χ1n) is 7.72. The Morgan fingerprint density at radius 1 is 1.35 bits per heavy atom. The van der Waals surface area contributed by atoms with Crippen LogP contribution in [0.1, 0.15) is 51.7 Å². The zero-order valence-corrected chi connectivity index (χ0v) is 13.8. The van der Waals surface area contributed by atoms with Gasteiger partial charge in [0.1, 0.15) is 5.75 Å². The van der Waals surface area contributed by atoms with Crippen molar-refractivity contribution >= 4 is 0 Å². The van der Waals surface area contributed by atoms with Crippen LogP contribution < -0.4 is 10.1 Å². The van der Waals surface area contributed by atoms with Crippen molar-refractivity contribution in [2.24, 2.45) is 5.92 Å². The van der Waals surface area contributed by atoms with Gasteiger partial charge < -0.3 is 10.1 Å². The lowest BCUT2D eigenvalue weighted by Gasteiger charge is -2.27. The molecule has 0 heterocycles. The Morgan fingerprint density at radius 2 is 2.05 bits per heavy atom. The average Bonchev–Trinajstić information content (AvgIpc) is 3.10. The van der Waals surface area contributed by atoms with Gasteiger partial charge in [-0.1, -0.05) is 31.0 Å². The minimum Gasteiger partial charge on any atom is -0.496 e. The smallest absolute Gasteiger partial charge is 0.122 e.